The second-order valence-corrected chi connectivity index (χ2v) is 10.5. The van der Waals surface area contributed by atoms with Crippen LogP contribution in [0.2, 0.25) is 0 Å². The largest absolute Gasteiger partial charge is 0.349 e. The van der Waals surface area contributed by atoms with Crippen LogP contribution in [-0.2, 0) is 14.8 Å². The first-order valence-electron chi connectivity index (χ1n) is 11.5. The van der Waals surface area contributed by atoms with Crippen molar-refractivity contribution in [2.75, 3.05) is 0 Å². The van der Waals surface area contributed by atoms with Crippen molar-refractivity contribution in [1.29, 1.82) is 0 Å². The molecule has 0 radical (unpaired) electrons. The smallest absolute Gasteiger partial charge is 0.240 e. The number of carbonyl (C=O) groups is 1. The zero-order valence-corrected chi connectivity index (χ0v) is 20.1. The molecule has 2 aromatic carbocycles. The lowest BCUT2D eigenvalue weighted by Crippen LogP contribution is -2.41. The van der Waals surface area contributed by atoms with Gasteiger partial charge in [-0.05, 0) is 74.1 Å². The minimum absolute atomic E-state index is 0.0814. The molecule has 6 nitrogen and oxygen atoms in total. The van der Waals surface area contributed by atoms with Crippen molar-refractivity contribution in [1.82, 2.24) is 15.0 Å². The van der Waals surface area contributed by atoms with Crippen molar-refractivity contribution in [3.05, 3.63) is 84.2 Å². The molecule has 4 rings (SSSR count). The number of pyridine rings is 1. The van der Waals surface area contributed by atoms with Crippen molar-refractivity contribution >= 4 is 15.9 Å². The molecule has 9 heteroatoms. The van der Waals surface area contributed by atoms with Crippen molar-refractivity contribution in [3.8, 4) is 11.1 Å². The SMILES string of the molecule is C[C@@H](NC(=O)[C@H]1CC[C@H](NS(=O)(=O)c2ccc(-c3ccncc3F)cc2)CC1)c1ccc(F)cc1. The molecule has 3 aromatic rings. The Bertz CT molecular complexity index is 1270. The lowest BCUT2D eigenvalue weighted by atomic mass is 9.85. The van der Waals surface area contributed by atoms with Crippen LogP contribution in [0.25, 0.3) is 11.1 Å². The summed E-state index contributed by atoms with van der Waals surface area (Å²) in [5.41, 5.74) is 1.73. The van der Waals surface area contributed by atoms with E-state index in [4.69, 9.17) is 0 Å². The van der Waals surface area contributed by atoms with E-state index in [0.29, 0.717) is 36.8 Å². The normalized spacial score (nSPS) is 19.2. The number of aromatic nitrogens is 1. The topological polar surface area (TPSA) is 88.2 Å². The molecule has 184 valence electrons. The number of halogens is 2. The number of amides is 1. The minimum Gasteiger partial charge on any atom is -0.349 e. The Morgan fingerprint density at radius 2 is 1.63 bits per heavy atom. The van der Waals surface area contributed by atoms with Gasteiger partial charge in [0, 0.05) is 23.7 Å². The number of hydrogen-bond donors (Lipinski definition) is 2. The van der Waals surface area contributed by atoms with Crippen LogP contribution in [0.1, 0.15) is 44.2 Å². The summed E-state index contributed by atoms with van der Waals surface area (Å²) in [6.45, 7) is 1.85. The maximum atomic E-state index is 13.9. The van der Waals surface area contributed by atoms with Crippen LogP contribution < -0.4 is 10.0 Å². The Labute approximate surface area is 203 Å². The molecule has 1 saturated carbocycles. The van der Waals surface area contributed by atoms with Gasteiger partial charge in [-0.25, -0.2) is 21.9 Å². The van der Waals surface area contributed by atoms with Crippen LogP contribution in [0.5, 0.6) is 0 Å². The summed E-state index contributed by atoms with van der Waals surface area (Å²) >= 11 is 0. The van der Waals surface area contributed by atoms with Crippen molar-refractivity contribution in [3.63, 3.8) is 0 Å². The van der Waals surface area contributed by atoms with Crippen LogP contribution in [0.15, 0.2) is 71.9 Å². The lowest BCUT2D eigenvalue weighted by Gasteiger charge is -2.29. The van der Waals surface area contributed by atoms with Gasteiger partial charge in [0.15, 0.2) is 0 Å². The monoisotopic (exact) mass is 499 g/mol. The highest BCUT2D eigenvalue weighted by molar-refractivity contribution is 7.89. The van der Waals surface area contributed by atoms with Gasteiger partial charge in [-0.15, -0.1) is 0 Å². The predicted octanol–water partition coefficient (Wildman–Crippen LogP) is 4.74. The minimum atomic E-state index is -3.75. The van der Waals surface area contributed by atoms with Gasteiger partial charge in [0.25, 0.3) is 0 Å². The third-order valence-corrected chi connectivity index (χ3v) is 7.93. The molecule has 0 aliphatic heterocycles. The summed E-state index contributed by atoms with van der Waals surface area (Å²) in [5.74, 6) is -1.09. The molecule has 0 unspecified atom stereocenters. The summed E-state index contributed by atoms with van der Waals surface area (Å²) in [6, 6.07) is 13.1. The van der Waals surface area contributed by atoms with E-state index in [1.54, 1.807) is 24.3 Å². The van der Waals surface area contributed by atoms with E-state index in [9.17, 15) is 22.0 Å². The molecule has 1 amide bonds. The fourth-order valence-corrected chi connectivity index (χ4v) is 5.65. The molecule has 35 heavy (non-hydrogen) atoms. The van der Waals surface area contributed by atoms with Crippen LogP contribution in [-0.4, -0.2) is 25.4 Å². The van der Waals surface area contributed by atoms with Gasteiger partial charge >= 0.3 is 0 Å². The summed E-state index contributed by atoms with van der Waals surface area (Å²) in [4.78, 5) is 16.5. The van der Waals surface area contributed by atoms with E-state index in [0.717, 1.165) is 11.8 Å². The quantitative estimate of drug-likeness (QED) is 0.492. The molecule has 0 spiro atoms. The van der Waals surface area contributed by atoms with Gasteiger partial charge in [-0.3, -0.25) is 9.78 Å². The van der Waals surface area contributed by atoms with Crippen molar-refractivity contribution in [2.24, 2.45) is 5.92 Å². The van der Waals surface area contributed by atoms with Gasteiger partial charge in [-0.1, -0.05) is 24.3 Å². The maximum Gasteiger partial charge on any atom is 0.240 e. The van der Waals surface area contributed by atoms with Crippen LogP contribution >= 0.6 is 0 Å². The van der Waals surface area contributed by atoms with E-state index in [-0.39, 0.29) is 34.6 Å². The molecular formula is C26H27F2N3O3S. The first-order valence-corrected chi connectivity index (χ1v) is 13.0. The summed E-state index contributed by atoms with van der Waals surface area (Å²) in [7, 11) is -3.75. The second-order valence-electron chi connectivity index (χ2n) is 8.83. The molecule has 1 heterocycles. The van der Waals surface area contributed by atoms with E-state index in [1.165, 1.54) is 36.5 Å². The number of nitrogens with zero attached hydrogens (tertiary/aromatic N) is 1. The first kappa shape index (κ1) is 24.9. The van der Waals surface area contributed by atoms with E-state index >= 15 is 0 Å². The van der Waals surface area contributed by atoms with Gasteiger partial charge in [0.1, 0.15) is 11.6 Å². The first-order chi connectivity index (χ1) is 16.7. The molecule has 1 aliphatic carbocycles. The Morgan fingerprint density at radius 3 is 2.26 bits per heavy atom. The number of rotatable bonds is 7. The Hall–Kier alpha value is -3.17. The number of nitrogens with one attached hydrogen (secondary N) is 2. The van der Waals surface area contributed by atoms with E-state index < -0.39 is 15.8 Å². The van der Waals surface area contributed by atoms with Gasteiger partial charge in [-0.2, -0.15) is 0 Å². The molecule has 2 N–H and O–H groups in total. The number of benzene rings is 2. The Morgan fingerprint density at radius 1 is 0.971 bits per heavy atom. The zero-order chi connectivity index (χ0) is 25.0. The van der Waals surface area contributed by atoms with E-state index in [1.807, 2.05) is 6.92 Å². The number of hydrogen-bond acceptors (Lipinski definition) is 4. The Kier molecular flexibility index (Phi) is 7.57. The maximum absolute atomic E-state index is 13.9. The zero-order valence-electron chi connectivity index (χ0n) is 19.2. The van der Waals surface area contributed by atoms with Crippen LogP contribution in [0.3, 0.4) is 0 Å². The summed E-state index contributed by atoms with van der Waals surface area (Å²) in [5, 5.41) is 2.97. The molecule has 1 fully saturated rings. The average Bonchev–Trinajstić information content (AvgIpc) is 2.85. The third kappa shape index (κ3) is 6.10. The van der Waals surface area contributed by atoms with Gasteiger partial charge < -0.3 is 5.32 Å². The third-order valence-electron chi connectivity index (χ3n) is 6.40. The van der Waals surface area contributed by atoms with Gasteiger partial charge in [0.05, 0.1) is 17.1 Å². The van der Waals surface area contributed by atoms with Crippen LogP contribution in [0.4, 0.5) is 8.78 Å². The molecule has 0 bridgehead atoms. The molecular weight excluding hydrogens is 472 g/mol. The average molecular weight is 500 g/mol. The highest BCUT2D eigenvalue weighted by atomic mass is 32.2. The molecule has 0 saturated heterocycles. The lowest BCUT2D eigenvalue weighted by molar-refractivity contribution is -0.126. The van der Waals surface area contributed by atoms with Crippen molar-refractivity contribution < 1.29 is 22.0 Å². The van der Waals surface area contributed by atoms with E-state index in [2.05, 4.69) is 15.0 Å². The van der Waals surface area contributed by atoms with Crippen LogP contribution in [0, 0.1) is 17.6 Å². The number of sulfonamides is 1. The standard InChI is InChI=1S/C26H27F2N3O3S/c1-17(18-2-8-21(27)9-3-18)30-26(32)20-4-10-22(11-5-20)31-35(33,34)23-12-6-19(7-13-23)24-14-15-29-16-25(24)28/h2-3,6-9,12-17,20,22,31H,4-5,10-11H2,1H3,(H,30,32)/t17-,20-,22-/m1/s1. The fourth-order valence-electron chi connectivity index (χ4n) is 4.35. The molecule has 1 atom stereocenters. The van der Waals surface area contributed by atoms with Gasteiger partial charge in [0.2, 0.25) is 15.9 Å². The molecule has 1 aromatic heterocycles. The highest BCUT2D eigenvalue weighted by Gasteiger charge is 2.29. The fraction of sp³-hybridized carbons (Fsp3) is 0.308. The second kappa shape index (κ2) is 10.6. The Balaban J connectivity index is 1.31. The predicted molar refractivity (Wildman–Crippen MR) is 129 cm³/mol. The molecule has 1 aliphatic rings. The highest BCUT2D eigenvalue weighted by Crippen LogP contribution is 2.28. The van der Waals surface area contributed by atoms with Crippen molar-refractivity contribution in [2.45, 2.75) is 49.6 Å². The number of carbonyl (C=O) groups excluding carboxylic acids is 1. The summed E-state index contributed by atoms with van der Waals surface area (Å²) < 4.78 is 55.5. The summed E-state index contributed by atoms with van der Waals surface area (Å²) in [6.07, 6.45) is 4.81.